The molecule has 0 heterocycles. The Morgan fingerprint density at radius 1 is 1.24 bits per heavy atom. The van der Waals surface area contributed by atoms with Gasteiger partial charge in [-0.15, -0.1) is 0 Å². The molecule has 0 aliphatic rings. The molecule has 0 aromatic heterocycles. The Kier molecular flexibility index (Phi) is 4.39. The first-order valence-electron chi connectivity index (χ1n) is 4.93. The van der Waals surface area contributed by atoms with Crippen LogP contribution in [0.3, 0.4) is 0 Å². The van der Waals surface area contributed by atoms with E-state index in [0.29, 0.717) is 17.4 Å². The molecule has 0 spiro atoms. The van der Waals surface area contributed by atoms with E-state index in [1.54, 1.807) is 0 Å². The number of rotatable bonds is 4. The Bertz CT molecular complexity index is 450. The number of carbonyl (C=O) groups excluding carboxylic acids is 3. The number of ether oxygens (including phenoxy) is 2. The van der Waals surface area contributed by atoms with Crippen molar-refractivity contribution in [2.24, 2.45) is 0 Å². The highest BCUT2D eigenvalue weighted by Crippen LogP contribution is 2.21. The molecule has 0 bridgehead atoms. The highest BCUT2D eigenvalue weighted by molar-refractivity contribution is 5.76. The van der Waals surface area contributed by atoms with Crippen LogP contribution in [0.15, 0.2) is 18.2 Å². The molecule has 0 saturated carbocycles. The van der Waals surface area contributed by atoms with Crippen molar-refractivity contribution in [1.29, 1.82) is 0 Å². The molecule has 1 aromatic carbocycles. The predicted molar refractivity (Wildman–Crippen MR) is 58.6 cm³/mol. The van der Waals surface area contributed by atoms with Crippen LogP contribution in [0.5, 0.6) is 5.75 Å². The van der Waals surface area contributed by atoms with Gasteiger partial charge in [0.05, 0.1) is 0 Å². The number of benzene rings is 1. The molecule has 0 N–H and O–H groups in total. The van der Waals surface area contributed by atoms with Crippen LogP contribution in [0.2, 0.25) is 0 Å². The molecule has 0 atom stereocenters. The lowest BCUT2D eigenvalue weighted by molar-refractivity contribution is -0.142. The van der Waals surface area contributed by atoms with E-state index < -0.39 is 11.9 Å². The third kappa shape index (κ3) is 4.06. The highest BCUT2D eigenvalue weighted by atomic mass is 16.5. The minimum absolute atomic E-state index is 0.0420. The standard InChI is InChI=1S/C12H12O5/c1-8(14)16-7-11-5-10(6-13)3-4-12(11)17-9(2)15/h3-6H,7H2,1-2H3. The number of hydrogen-bond donors (Lipinski definition) is 0. The van der Waals surface area contributed by atoms with E-state index in [4.69, 9.17) is 9.47 Å². The minimum atomic E-state index is -0.479. The van der Waals surface area contributed by atoms with Crippen molar-refractivity contribution < 1.29 is 23.9 Å². The first-order chi connectivity index (χ1) is 8.02. The van der Waals surface area contributed by atoms with Gasteiger partial charge in [-0.25, -0.2) is 0 Å². The summed E-state index contributed by atoms with van der Waals surface area (Å²) in [7, 11) is 0. The topological polar surface area (TPSA) is 69.7 Å². The van der Waals surface area contributed by atoms with E-state index in [0.717, 1.165) is 0 Å². The monoisotopic (exact) mass is 236 g/mol. The van der Waals surface area contributed by atoms with Gasteiger partial charge in [0.25, 0.3) is 0 Å². The molecule has 0 unspecified atom stereocenters. The molecular formula is C12H12O5. The van der Waals surface area contributed by atoms with Gasteiger partial charge in [0.2, 0.25) is 0 Å². The molecule has 0 fully saturated rings. The van der Waals surface area contributed by atoms with Crippen molar-refractivity contribution in [3.8, 4) is 5.75 Å². The van der Waals surface area contributed by atoms with E-state index in [-0.39, 0.29) is 12.4 Å². The fourth-order valence-corrected chi connectivity index (χ4v) is 1.22. The lowest BCUT2D eigenvalue weighted by atomic mass is 10.1. The van der Waals surface area contributed by atoms with Gasteiger partial charge in [-0.2, -0.15) is 0 Å². The van der Waals surface area contributed by atoms with Crippen LogP contribution in [0.4, 0.5) is 0 Å². The lowest BCUT2D eigenvalue weighted by Crippen LogP contribution is -2.06. The first-order valence-corrected chi connectivity index (χ1v) is 4.93. The zero-order valence-electron chi connectivity index (χ0n) is 9.56. The van der Waals surface area contributed by atoms with Gasteiger partial charge in [-0.1, -0.05) is 0 Å². The largest absolute Gasteiger partial charge is 0.461 e. The normalized spacial score (nSPS) is 9.53. The average Bonchev–Trinajstić information content (AvgIpc) is 2.27. The van der Waals surface area contributed by atoms with Crippen LogP contribution in [0.1, 0.15) is 29.8 Å². The Morgan fingerprint density at radius 3 is 2.47 bits per heavy atom. The van der Waals surface area contributed by atoms with Crippen LogP contribution >= 0.6 is 0 Å². The molecule has 0 aliphatic carbocycles. The predicted octanol–water partition coefficient (Wildman–Crippen LogP) is 1.49. The molecule has 0 amide bonds. The molecule has 1 rings (SSSR count). The maximum Gasteiger partial charge on any atom is 0.308 e. The summed E-state index contributed by atoms with van der Waals surface area (Å²) in [5.41, 5.74) is 0.892. The maximum atomic E-state index is 10.9. The van der Waals surface area contributed by atoms with E-state index >= 15 is 0 Å². The van der Waals surface area contributed by atoms with Crippen molar-refractivity contribution >= 4 is 18.2 Å². The smallest absolute Gasteiger partial charge is 0.308 e. The van der Waals surface area contributed by atoms with Crippen molar-refractivity contribution in [3.05, 3.63) is 29.3 Å². The van der Waals surface area contributed by atoms with E-state index in [2.05, 4.69) is 0 Å². The summed E-state index contributed by atoms with van der Waals surface area (Å²) in [6.07, 6.45) is 0.662. The summed E-state index contributed by atoms with van der Waals surface area (Å²) in [6, 6.07) is 4.51. The fourth-order valence-electron chi connectivity index (χ4n) is 1.22. The second-order valence-electron chi connectivity index (χ2n) is 3.36. The Balaban J connectivity index is 2.97. The third-order valence-corrected chi connectivity index (χ3v) is 1.91. The number of esters is 2. The van der Waals surface area contributed by atoms with E-state index in [1.807, 2.05) is 0 Å². The van der Waals surface area contributed by atoms with Gasteiger partial charge in [0.1, 0.15) is 18.6 Å². The summed E-state index contributed by atoms with van der Waals surface area (Å²) < 4.78 is 9.73. The van der Waals surface area contributed by atoms with Crippen molar-refractivity contribution in [1.82, 2.24) is 0 Å². The zero-order chi connectivity index (χ0) is 12.8. The SMILES string of the molecule is CC(=O)OCc1cc(C=O)ccc1OC(C)=O. The Hall–Kier alpha value is -2.17. The molecule has 5 heteroatoms. The summed E-state index contributed by atoms with van der Waals surface area (Å²) >= 11 is 0. The molecule has 0 aliphatic heterocycles. The second kappa shape index (κ2) is 5.79. The average molecular weight is 236 g/mol. The molecule has 1 aromatic rings. The van der Waals surface area contributed by atoms with Crippen LogP contribution in [-0.2, 0) is 20.9 Å². The zero-order valence-corrected chi connectivity index (χ0v) is 9.56. The lowest BCUT2D eigenvalue weighted by Gasteiger charge is -2.09. The fraction of sp³-hybridized carbons (Fsp3) is 0.250. The summed E-state index contributed by atoms with van der Waals surface area (Å²) in [6.45, 7) is 2.50. The van der Waals surface area contributed by atoms with Crippen LogP contribution in [0.25, 0.3) is 0 Å². The quantitative estimate of drug-likeness (QED) is 0.450. The van der Waals surface area contributed by atoms with Gasteiger partial charge in [-0.05, 0) is 18.2 Å². The first kappa shape index (κ1) is 12.9. The van der Waals surface area contributed by atoms with Crippen molar-refractivity contribution in [2.45, 2.75) is 20.5 Å². The van der Waals surface area contributed by atoms with Gasteiger partial charge in [-0.3, -0.25) is 14.4 Å². The van der Waals surface area contributed by atoms with Gasteiger partial charge >= 0.3 is 11.9 Å². The van der Waals surface area contributed by atoms with Crippen LogP contribution in [-0.4, -0.2) is 18.2 Å². The third-order valence-electron chi connectivity index (χ3n) is 1.91. The van der Waals surface area contributed by atoms with E-state index in [9.17, 15) is 14.4 Å². The van der Waals surface area contributed by atoms with Crippen LogP contribution in [0, 0.1) is 0 Å². The molecular weight excluding hydrogens is 224 g/mol. The van der Waals surface area contributed by atoms with Gasteiger partial charge < -0.3 is 9.47 Å². The van der Waals surface area contributed by atoms with Crippen molar-refractivity contribution in [2.75, 3.05) is 0 Å². The summed E-state index contributed by atoms with van der Waals surface area (Å²) in [5, 5.41) is 0. The molecule has 17 heavy (non-hydrogen) atoms. The molecule has 0 saturated heterocycles. The number of hydrogen-bond acceptors (Lipinski definition) is 5. The maximum absolute atomic E-state index is 10.9. The summed E-state index contributed by atoms with van der Waals surface area (Å²) in [4.78, 5) is 32.2. The second-order valence-corrected chi connectivity index (χ2v) is 3.36. The minimum Gasteiger partial charge on any atom is -0.461 e. The number of aldehydes is 1. The summed E-state index contributed by atoms with van der Waals surface area (Å²) in [5.74, 6) is -0.646. The molecule has 5 nitrogen and oxygen atoms in total. The molecule has 90 valence electrons. The van der Waals surface area contributed by atoms with E-state index in [1.165, 1.54) is 32.0 Å². The van der Waals surface area contributed by atoms with Gasteiger partial charge in [0.15, 0.2) is 0 Å². The Labute approximate surface area is 98.3 Å². The van der Waals surface area contributed by atoms with Gasteiger partial charge in [0, 0.05) is 25.0 Å². The van der Waals surface area contributed by atoms with Crippen molar-refractivity contribution in [3.63, 3.8) is 0 Å². The molecule has 0 radical (unpaired) electrons. The van der Waals surface area contributed by atoms with Crippen LogP contribution < -0.4 is 4.74 Å². The Morgan fingerprint density at radius 2 is 1.94 bits per heavy atom. The number of carbonyl (C=O) groups is 3. The highest BCUT2D eigenvalue weighted by Gasteiger charge is 2.09.